The summed E-state index contributed by atoms with van der Waals surface area (Å²) in [6.45, 7) is 2.45. The molecule has 1 N–H and O–H groups in total. The first-order chi connectivity index (χ1) is 13.3. The normalized spacial score (nSPS) is 20.8. The number of benzene rings is 1. The molecule has 2 aromatic rings. The van der Waals surface area contributed by atoms with E-state index in [4.69, 9.17) is 13.9 Å². The van der Waals surface area contributed by atoms with E-state index >= 15 is 0 Å². The molecule has 1 saturated heterocycles. The summed E-state index contributed by atoms with van der Waals surface area (Å²) in [7, 11) is 0. The fraction of sp³-hybridized carbons (Fsp3) is 0.500. The molecule has 6 nitrogen and oxygen atoms in total. The third kappa shape index (κ3) is 3.53. The molecule has 3 heterocycles. The summed E-state index contributed by atoms with van der Waals surface area (Å²) in [4.78, 5) is 14.0. The number of alkyl halides is 3. The highest BCUT2D eigenvalue weighted by Gasteiger charge is 2.35. The number of fused-ring (bicyclic) bond motifs is 3. The molecule has 0 saturated carbocycles. The van der Waals surface area contributed by atoms with Gasteiger partial charge in [-0.2, -0.15) is 13.2 Å². The number of furan rings is 1. The molecule has 10 heteroatoms. The number of ether oxygens (including phenoxy) is 2. The lowest BCUT2D eigenvalue weighted by Gasteiger charge is -2.27. The zero-order valence-electron chi connectivity index (χ0n) is 14.8. The van der Waals surface area contributed by atoms with Crippen LogP contribution in [0.5, 0.6) is 0 Å². The van der Waals surface area contributed by atoms with E-state index in [1.807, 2.05) is 0 Å². The van der Waals surface area contributed by atoms with Crippen LogP contribution in [-0.2, 0) is 15.7 Å². The second-order valence-corrected chi connectivity index (χ2v) is 6.71. The van der Waals surface area contributed by atoms with Crippen molar-refractivity contribution in [2.45, 2.75) is 18.7 Å². The molecule has 0 radical (unpaired) electrons. The lowest BCUT2D eigenvalue weighted by molar-refractivity contribution is -0.137. The molecular formula is C18H18F4N2O4. The Morgan fingerprint density at radius 3 is 2.79 bits per heavy atom. The Kier molecular flexibility index (Phi) is 4.92. The van der Waals surface area contributed by atoms with Crippen LogP contribution in [0.25, 0.3) is 11.0 Å². The van der Waals surface area contributed by atoms with Crippen molar-refractivity contribution in [2.75, 3.05) is 44.4 Å². The molecule has 152 valence electrons. The van der Waals surface area contributed by atoms with Gasteiger partial charge in [0.1, 0.15) is 0 Å². The van der Waals surface area contributed by atoms with Gasteiger partial charge in [-0.1, -0.05) is 0 Å². The summed E-state index contributed by atoms with van der Waals surface area (Å²) in [5.74, 6) is -1.93. The Morgan fingerprint density at radius 2 is 2.07 bits per heavy atom. The van der Waals surface area contributed by atoms with E-state index in [1.54, 1.807) is 4.90 Å². The van der Waals surface area contributed by atoms with E-state index < -0.39 is 23.5 Å². The van der Waals surface area contributed by atoms with Crippen LogP contribution in [0.3, 0.4) is 0 Å². The number of anilines is 1. The van der Waals surface area contributed by atoms with Crippen molar-refractivity contribution < 1.29 is 36.2 Å². The number of carbonyl (C=O) groups excluding carboxylic acids is 1. The summed E-state index contributed by atoms with van der Waals surface area (Å²) in [5.41, 5.74) is -1.32. The van der Waals surface area contributed by atoms with Crippen molar-refractivity contribution in [1.82, 2.24) is 5.32 Å². The van der Waals surface area contributed by atoms with Gasteiger partial charge in [0, 0.05) is 25.0 Å². The maximum absolute atomic E-state index is 14.3. The topological polar surface area (TPSA) is 63.9 Å². The van der Waals surface area contributed by atoms with E-state index in [-0.39, 0.29) is 35.1 Å². The molecule has 1 fully saturated rings. The first-order valence-corrected chi connectivity index (χ1v) is 8.90. The number of halogens is 4. The molecule has 2 aliphatic rings. The standard InChI is InChI=1S/C18H18F4N2O4/c19-13-8-10(18(20,21)22)7-12-14-16(28-15(12)13)17(25)23-2-4-24(14)3-1-11-9-26-5-6-27-11/h7-8,11H,1-6,9H2,(H,23,25). The van der Waals surface area contributed by atoms with Gasteiger partial charge in [-0.05, 0) is 18.6 Å². The highest BCUT2D eigenvalue weighted by Crippen LogP contribution is 2.40. The summed E-state index contributed by atoms with van der Waals surface area (Å²) in [6, 6.07) is 1.20. The third-order valence-electron chi connectivity index (χ3n) is 4.84. The monoisotopic (exact) mass is 402 g/mol. The minimum atomic E-state index is -4.72. The highest BCUT2D eigenvalue weighted by molar-refractivity contribution is 6.07. The number of nitrogens with one attached hydrogen (secondary N) is 1. The van der Waals surface area contributed by atoms with Gasteiger partial charge in [-0.15, -0.1) is 0 Å². The Balaban J connectivity index is 1.74. The van der Waals surface area contributed by atoms with Crippen LogP contribution in [0.2, 0.25) is 0 Å². The fourth-order valence-corrected chi connectivity index (χ4v) is 3.50. The minimum absolute atomic E-state index is 0.0693. The summed E-state index contributed by atoms with van der Waals surface area (Å²) in [6.07, 6.45) is -4.32. The first-order valence-electron chi connectivity index (χ1n) is 8.90. The van der Waals surface area contributed by atoms with Crippen LogP contribution >= 0.6 is 0 Å². The zero-order valence-corrected chi connectivity index (χ0v) is 14.8. The average molecular weight is 402 g/mol. The van der Waals surface area contributed by atoms with Crippen LogP contribution in [0, 0.1) is 5.82 Å². The van der Waals surface area contributed by atoms with Crippen LogP contribution in [-0.4, -0.2) is 51.5 Å². The molecule has 1 amide bonds. The van der Waals surface area contributed by atoms with Crippen LogP contribution in [0.4, 0.5) is 23.2 Å². The van der Waals surface area contributed by atoms with Gasteiger partial charge in [-0.25, -0.2) is 4.39 Å². The predicted octanol–water partition coefficient (Wildman–Crippen LogP) is 2.95. The Labute approximate surface area is 157 Å². The van der Waals surface area contributed by atoms with E-state index in [1.165, 1.54) is 0 Å². The summed E-state index contributed by atoms with van der Waals surface area (Å²) < 4.78 is 70.1. The molecule has 1 aromatic heterocycles. The largest absolute Gasteiger partial charge is 0.446 e. The van der Waals surface area contributed by atoms with Gasteiger partial charge in [0.05, 0.1) is 37.2 Å². The fourth-order valence-electron chi connectivity index (χ4n) is 3.50. The van der Waals surface area contributed by atoms with Gasteiger partial charge in [-0.3, -0.25) is 4.79 Å². The highest BCUT2D eigenvalue weighted by atomic mass is 19.4. The zero-order chi connectivity index (χ0) is 19.9. The van der Waals surface area contributed by atoms with Crippen molar-refractivity contribution in [3.05, 3.63) is 29.3 Å². The Bertz CT molecular complexity index is 890. The molecule has 1 atom stereocenters. The van der Waals surface area contributed by atoms with Crippen molar-refractivity contribution in [3.8, 4) is 0 Å². The molecule has 1 unspecified atom stereocenters. The van der Waals surface area contributed by atoms with Crippen molar-refractivity contribution in [1.29, 1.82) is 0 Å². The van der Waals surface area contributed by atoms with Crippen molar-refractivity contribution in [2.24, 2.45) is 0 Å². The van der Waals surface area contributed by atoms with Crippen molar-refractivity contribution >= 4 is 22.6 Å². The lowest BCUT2D eigenvalue weighted by Crippen LogP contribution is -2.35. The van der Waals surface area contributed by atoms with Gasteiger partial charge >= 0.3 is 6.18 Å². The van der Waals surface area contributed by atoms with E-state index in [0.717, 1.165) is 6.07 Å². The Hall–Kier alpha value is -2.33. The molecular weight excluding hydrogens is 384 g/mol. The number of carbonyl (C=O) groups is 1. The number of nitrogens with zero attached hydrogens (tertiary/aromatic N) is 1. The quantitative estimate of drug-likeness (QED) is 0.800. The Morgan fingerprint density at radius 1 is 1.25 bits per heavy atom. The number of hydrogen-bond acceptors (Lipinski definition) is 5. The SMILES string of the molecule is O=C1NCCN(CCC2COCCO2)c2c1oc1c(F)cc(C(F)(F)F)cc21. The summed E-state index contributed by atoms with van der Waals surface area (Å²) >= 11 is 0. The molecule has 1 aromatic carbocycles. The number of rotatable bonds is 3. The molecule has 0 aliphatic carbocycles. The average Bonchev–Trinajstić information content (AvgIpc) is 2.97. The lowest BCUT2D eigenvalue weighted by atomic mass is 10.1. The van der Waals surface area contributed by atoms with Gasteiger partial charge < -0.3 is 24.1 Å². The first kappa shape index (κ1) is 19.0. The maximum Gasteiger partial charge on any atom is 0.416 e. The molecule has 0 spiro atoms. The second kappa shape index (κ2) is 7.25. The molecule has 4 rings (SSSR count). The van der Waals surface area contributed by atoms with Gasteiger partial charge in [0.25, 0.3) is 5.91 Å². The predicted molar refractivity (Wildman–Crippen MR) is 90.9 cm³/mol. The van der Waals surface area contributed by atoms with Crippen LogP contribution in [0.1, 0.15) is 22.5 Å². The molecule has 2 aliphatic heterocycles. The van der Waals surface area contributed by atoms with Crippen LogP contribution < -0.4 is 10.2 Å². The van der Waals surface area contributed by atoms with Gasteiger partial charge in [0.15, 0.2) is 11.4 Å². The van der Waals surface area contributed by atoms with E-state index in [2.05, 4.69) is 5.32 Å². The van der Waals surface area contributed by atoms with E-state index in [9.17, 15) is 22.4 Å². The van der Waals surface area contributed by atoms with Crippen LogP contribution in [0.15, 0.2) is 16.5 Å². The number of amides is 1. The molecule has 28 heavy (non-hydrogen) atoms. The van der Waals surface area contributed by atoms with Gasteiger partial charge in [0.2, 0.25) is 5.76 Å². The van der Waals surface area contributed by atoms with E-state index in [0.29, 0.717) is 45.4 Å². The van der Waals surface area contributed by atoms with Crippen molar-refractivity contribution in [3.63, 3.8) is 0 Å². The second-order valence-electron chi connectivity index (χ2n) is 6.71. The smallest absolute Gasteiger partial charge is 0.416 e. The minimum Gasteiger partial charge on any atom is -0.446 e. The summed E-state index contributed by atoms with van der Waals surface area (Å²) in [5, 5.41) is 2.55. The molecule has 0 bridgehead atoms. The third-order valence-corrected chi connectivity index (χ3v) is 4.84. The maximum atomic E-state index is 14.3. The number of hydrogen-bond donors (Lipinski definition) is 1.